The average molecular weight is 756 g/mol. The van der Waals surface area contributed by atoms with Gasteiger partial charge in [-0.3, -0.25) is 19.2 Å². The van der Waals surface area contributed by atoms with Gasteiger partial charge in [0.25, 0.3) is 23.1 Å². The number of rotatable bonds is 4. The minimum Gasteiger partial charge on any atom is -0.512 e. The van der Waals surface area contributed by atoms with Crippen LogP contribution in [-0.2, 0) is 19.2 Å². The van der Waals surface area contributed by atoms with E-state index in [2.05, 4.69) is 0 Å². The number of hydrogen-bond acceptors (Lipinski definition) is 8. The molecule has 0 aromatic heterocycles. The van der Waals surface area contributed by atoms with Crippen molar-refractivity contribution in [1.29, 1.82) is 0 Å². The monoisotopic (exact) mass is 756 g/mol. The van der Waals surface area contributed by atoms with Gasteiger partial charge in [-0.2, -0.15) is 52.7 Å². The molecule has 0 unspecified atom stereocenters. The summed E-state index contributed by atoms with van der Waals surface area (Å²) in [6.07, 6.45) is -19.0. The first-order valence-electron chi connectivity index (χ1n) is 9.29. The number of aliphatic hydroxyl groups is 4. The third-order valence-corrected chi connectivity index (χ3v) is 2.48. The Balaban J connectivity index is -0.000000139. The van der Waals surface area contributed by atoms with Gasteiger partial charge in [-0.1, -0.05) is 0 Å². The predicted molar refractivity (Wildman–Crippen MR) is 110 cm³/mol. The second-order valence-corrected chi connectivity index (χ2v) is 6.59. The molecule has 41 heavy (non-hydrogen) atoms. The Morgan fingerprint density at radius 3 is 0.512 bits per heavy atom. The molecular formula is C20H20CeF12O8. The van der Waals surface area contributed by atoms with Crippen LogP contribution in [0, 0.1) is 41.7 Å². The Hall–Kier alpha value is -2.62. The van der Waals surface area contributed by atoms with Crippen LogP contribution in [-0.4, -0.2) is 68.3 Å². The molecule has 0 amide bonds. The number of carbonyl (C=O) groups is 4. The van der Waals surface area contributed by atoms with Crippen LogP contribution >= 0.6 is 0 Å². The molecule has 0 atom stereocenters. The third-order valence-electron chi connectivity index (χ3n) is 2.48. The van der Waals surface area contributed by atoms with Crippen LogP contribution in [0.5, 0.6) is 0 Å². The van der Waals surface area contributed by atoms with Crippen LogP contribution in [0.15, 0.2) is 47.3 Å². The average Bonchev–Trinajstić information content (AvgIpc) is 2.64. The van der Waals surface area contributed by atoms with Crippen LogP contribution in [0.3, 0.4) is 0 Å². The summed E-state index contributed by atoms with van der Waals surface area (Å²) in [6, 6.07) is 0. The number of halogens is 12. The molecule has 0 saturated heterocycles. The van der Waals surface area contributed by atoms with Gasteiger partial charge in [0.2, 0.25) is 0 Å². The van der Waals surface area contributed by atoms with Crippen molar-refractivity contribution in [2.24, 2.45) is 0 Å². The van der Waals surface area contributed by atoms with E-state index in [9.17, 15) is 71.9 Å². The summed E-state index contributed by atoms with van der Waals surface area (Å²) < 4.78 is 136. The fraction of sp³-hybridized carbons (Fsp3) is 0.400. The summed E-state index contributed by atoms with van der Waals surface area (Å²) in [7, 11) is 0. The molecule has 0 spiro atoms. The van der Waals surface area contributed by atoms with Crippen molar-refractivity contribution in [2.75, 3.05) is 0 Å². The standard InChI is InChI=1S/4C5H5F3O2.Ce/c4*1-3(9)2-4(10)5(6,7)8;/h4*2,9H,1H3;/b4*3-2-;. The molecule has 0 radical (unpaired) electrons. The first-order valence-corrected chi connectivity index (χ1v) is 9.29. The smallest absolute Gasteiger partial charge is 0.454 e. The molecule has 0 aliphatic carbocycles. The molecule has 0 aliphatic rings. The van der Waals surface area contributed by atoms with Gasteiger partial charge in [0.05, 0.1) is 23.0 Å². The van der Waals surface area contributed by atoms with Crippen molar-refractivity contribution in [3.05, 3.63) is 47.3 Å². The predicted octanol–water partition coefficient (Wildman–Crippen LogP) is 6.32. The van der Waals surface area contributed by atoms with Crippen LogP contribution in [0.2, 0.25) is 0 Å². The molecule has 0 aliphatic heterocycles. The third kappa shape index (κ3) is 33.5. The molecule has 0 heterocycles. The number of aliphatic hydroxyl groups excluding tert-OH is 4. The van der Waals surface area contributed by atoms with E-state index in [1.165, 1.54) is 0 Å². The number of carbonyl (C=O) groups excluding carboxylic acids is 4. The van der Waals surface area contributed by atoms with Crippen LogP contribution in [0.1, 0.15) is 27.7 Å². The van der Waals surface area contributed by atoms with Gasteiger partial charge in [-0.15, -0.1) is 0 Å². The normalized spacial score (nSPS) is 13.1. The van der Waals surface area contributed by atoms with E-state index in [0.29, 0.717) is 0 Å². The van der Waals surface area contributed by atoms with E-state index in [0.717, 1.165) is 27.7 Å². The fourth-order valence-corrected chi connectivity index (χ4v) is 1.09. The van der Waals surface area contributed by atoms with Crippen LogP contribution < -0.4 is 0 Å². The van der Waals surface area contributed by atoms with Gasteiger partial charge in [0, 0.05) is 66.1 Å². The van der Waals surface area contributed by atoms with Crippen molar-refractivity contribution in [3.8, 4) is 0 Å². The minimum atomic E-state index is -4.88. The molecule has 0 rings (SSSR count). The van der Waals surface area contributed by atoms with Gasteiger partial charge < -0.3 is 20.4 Å². The Kier molecular flexibility index (Phi) is 23.8. The van der Waals surface area contributed by atoms with Crippen molar-refractivity contribution >= 4 is 23.1 Å². The Labute approximate surface area is 256 Å². The summed E-state index contributed by atoms with van der Waals surface area (Å²) in [5.41, 5.74) is 0. The molecule has 0 aromatic rings. The van der Waals surface area contributed by atoms with Gasteiger partial charge in [-0.05, 0) is 27.7 Å². The van der Waals surface area contributed by atoms with Crippen LogP contribution in [0.4, 0.5) is 52.7 Å². The molecule has 21 heteroatoms. The zero-order valence-electron chi connectivity index (χ0n) is 20.8. The quantitative estimate of drug-likeness (QED) is 0.148. The maximum Gasteiger partial charge on any atom is 0.454 e. The van der Waals surface area contributed by atoms with E-state index < -0.39 is 70.9 Å². The first-order chi connectivity index (χ1) is 17.3. The number of allylic oxidation sites excluding steroid dienone is 8. The zero-order chi connectivity index (χ0) is 33.4. The largest absolute Gasteiger partial charge is 0.512 e. The molecule has 8 nitrogen and oxygen atoms in total. The summed E-state index contributed by atoms with van der Waals surface area (Å²) in [4.78, 5) is 39.7. The minimum absolute atomic E-state index is 0. The summed E-state index contributed by atoms with van der Waals surface area (Å²) in [5, 5.41) is 32.9. The molecular weight excluding hydrogens is 736 g/mol. The zero-order valence-corrected chi connectivity index (χ0v) is 23.9. The SMILES string of the molecule is C/C(O)=C/C(=O)C(F)(F)F.C/C(O)=C/C(=O)C(F)(F)F.C/C(O)=C/C(=O)C(F)(F)F.C/C(O)=C/C(=O)C(F)(F)F.[Ce]. The molecule has 0 bridgehead atoms. The molecule has 0 fully saturated rings. The van der Waals surface area contributed by atoms with E-state index in [1.54, 1.807) is 0 Å². The summed E-state index contributed by atoms with van der Waals surface area (Å²) >= 11 is 0. The van der Waals surface area contributed by atoms with E-state index >= 15 is 0 Å². The van der Waals surface area contributed by atoms with Gasteiger partial charge >= 0.3 is 24.7 Å². The summed E-state index contributed by atoms with van der Waals surface area (Å²) in [6.45, 7) is 3.96. The number of alkyl halides is 12. The maximum atomic E-state index is 11.3. The number of ketones is 4. The maximum absolute atomic E-state index is 11.3. The fourth-order valence-electron chi connectivity index (χ4n) is 1.09. The number of hydrogen-bond donors (Lipinski definition) is 4. The van der Waals surface area contributed by atoms with Gasteiger partial charge in [0.15, 0.2) is 0 Å². The Morgan fingerprint density at radius 2 is 0.488 bits per heavy atom. The van der Waals surface area contributed by atoms with E-state index in [-0.39, 0.29) is 66.1 Å². The van der Waals surface area contributed by atoms with E-state index in [4.69, 9.17) is 20.4 Å². The van der Waals surface area contributed by atoms with Crippen molar-refractivity contribution in [1.82, 2.24) is 0 Å². The van der Waals surface area contributed by atoms with E-state index in [1.807, 2.05) is 0 Å². The van der Waals surface area contributed by atoms with Crippen LogP contribution in [0.25, 0.3) is 0 Å². The first kappa shape index (κ1) is 48.1. The van der Waals surface area contributed by atoms with Crippen molar-refractivity contribution < 1.29 is 134 Å². The Bertz CT molecular complexity index is 824. The second-order valence-electron chi connectivity index (χ2n) is 6.59. The Morgan fingerprint density at radius 1 is 0.390 bits per heavy atom. The molecule has 0 aromatic carbocycles. The van der Waals surface area contributed by atoms with Gasteiger partial charge in [0.1, 0.15) is 0 Å². The molecule has 236 valence electrons. The topological polar surface area (TPSA) is 149 Å². The second kappa shape index (κ2) is 20.3. The van der Waals surface area contributed by atoms with Crippen molar-refractivity contribution in [3.63, 3.8) is 0 Å². The summed E-state index contributed by atoms with van der Waals surface area (Å²) in [5.74, 6) is -10.8. The van der Waals surface area contributed by atoms with Crippen molar-refractivity contribution in [2.45, 2.75) is 52.4 Å². The molecule has 0 saturated carbocycles. The van der Waals surface area contributed by atoms with Gasteiger partial charge in [-0.25, -0.2) is 0 Å². The molecule has 4 N–H and O–H groups in total.